The lowest BCUT2D eigenvalue weighted by Gasteiger charge is -2.32. The molecule has 0 aromatic carbocycles. The van der Waals surface area contributed by atoms with E-state index in [2.05, 4.69) is 10.6 Å². The summed E-state index contributed by atoms with van der Waals surface area (Å²) in [6, 6.07) is -0.192. The fourth-order valence-corrected chi connectivity index (χ4v) is 2.55. The van der Waals surface area contributed by atoms with Crippen LogP contribution in [0.1, 0.15) is 52.4 Å². The summed E-state index contributed by atoms with van der Waals surface area (Å²) in [5.41, 5.74) is -0.406. The third-order valence-electron chi connectivity index (χ3n) is 4.27. The van der Waals surface area contributed by atoms with Gasteiger partial charge in [-0.15, -0.1) is 0 Å². The van der Waals surface area contributed by atoms with Gasteiger partial charge in [0.2, 0.25) is 0 Å². The van der Waals surface area contributed by atoms with Crippen molar-refractivity contribution in [1.29, 1.82) is 0 Å². The Morgan fingerprint density at radius 1 is 1.25 bits per heavy atom. The molecule has 116 valence electrons. The van der Waals surface area contributed by atoms with E-state index in [4.69, 9.17) is 10.2 Å². The van der Waals surface area contributed by atoms with Crippen LogP contribution in [0.5, 0.6) is 0 Å². The predicted octanol–water partition coefficient (Wildman–Crippen LogP) is 1.48. The van der Waals surface area contributed by atoms with Crippen LogP contribution in [0, 0.1) is 5.92 Å². The quantitative estimate of drug-likeness (QED) is 0.594. The van der Waals surface area contributed by atoms with Gasteiger partial charge in [-0.1, -0.05) is 6.92 Å². The smallest absolute Gasteiger partial charge is 0.315 e. The molecule has 0 aliphatic heterocycles. The van der Waals surface area contributed by atoms with Crippen LogP contribution in [0.4, 0.5) is 4.79 Å². The van der Waals surface area contributed by atoms with E-state index in [1.807, 2.05) is 13.8 Å². The lowest BCUT2D eigenvalue weighted by molar-refractivity contribution is -0.142. The average Bonchev–Trinajstić information content (AvgIpc) is 2.39. The van der Waals surface area contributed by atoms with E-state index < -0.39 is 11.5 Å². The fraction of sp³-hybridized carbons (Fsp3) is 0.857. The SMILES string of the molecule is CCC(C)(CCO)NC(=O)NC1CCC(C(=O)O)CC1. The van der Waals surface area contributed by atoms with Crippen molar-refractivity contribution in [2.24, 2.45) is 5.92 Å². The maximum absolute atomic E-state index is 12.0. The number of nitrogens with one attached hydrogen (secondary N) is 2. The first-order valence-electron chi connectivity index (χ1n) is 7.32. The summed E-state index contributed by atoms with van der Waals surface area (Å²) in [7, 11) is 0. The van der Waals surface area contributed by atoms with E-state index in [-0.39, 0.29) is 24.6 Å². The molecule has 0 aromatic rings. The Labute approximate surface area is 119 Å². The number of hydrogen-bond donors (Lipinski definition) is 4. The Balaban J connectivity index is 2.38. The van der Waals surface area contributed by atoms with Crippen molar-refractivity contribution < 1.29 is 19.8 Å². The van der Waals surface area contributed by atoms with E-state index in [1.54, 1.807) is 0 Å². The summed E-state index contributed by atoms with van der Waals surface area (Å²) in [4.78, 5) is 22.8. The molecule has 4 N–H and O–H groups in total. The molecule has 1 rings (SSSR count). The number of amides is 2. The molecule has 0 spiro atoms. The molecule has 1 aliphatic carbocycles. The van der Waals surface area contributed by atoms with Gasteiger partial charge in [0, 0.05) is 18.2 Å². The number of hydrogen-bond acceptors (Lipinski definition) is 3. The number of aliphatic carboxylic acids is 1. The maximum atomic E-state index is 12.0. The molecule has 0 heterocycles. The van der Waals surface area contributed by atoms with Crippen LogP contribution in [-0.4, -0.2) is 40.4 Å². The molecule has 0 radical (unpaired) electrons. The largest absolute Gasteiger partial charge is 0.481 e. The topological polar surface area (TPSA) is 98.7 Å². The van der Waals surface area contributed by atoms with Crippen molar-refractivity contribution in [2.45, 2.75) is 64.0 Å². The molecule has 1 aliphatic rings. The Bertz CT molecular complexity index is 340. The molecule has 0 bridgehead atoms. The van der Waals surface area contributed by atoms with Crippen molar-refractivity contribution in [2.75, 3.05) is 6.61 Å². The summed E-state index contributed by atoms with van der Waals surface area (Å²) in [6.45, 7) is 3.91. The first kappa shape index (κ1) is 16.8. The number of rotatable bonds is 6. The second kappa shape index (κ2) is 7.47. The van der Waals surface area contributed by atoms with Gasteiger partial charge >= 0.3 is 12.0 Å². The van der Waals surface area contributed by atoms with E-state index in [9.17, 15) is 9.59 Å². The standard InChI is InChI=1S/C14H26N2O4/c1-3-14(2,8-9-17)16-13(20)15-11-6-4-10(5-7-11)12(18)19/h10-11,17H,3-9H2,1-2H3,(H,18,19)(H2,15,16,20). The van der Waals surface area contributed by atoms with Gasteiger partial charge in [0.25, 0.3) is 0 Å². The normalized spacial score (nSPS) is 25.6. The van der Waals surface area contributed by atoms with E-state index in [1.165, 1.54) is 0 Å². The number of carboxylic acids is 1. The number of aliphatic hydroxyl groups excluding tert-OH is 1. The minimum Gasteiger partial charge on any atom is -0.481 e. The van der Waals surface area contributed by atoms with E-state index >= 15 is 0 Å². The zero-order valence-corrected chi connectivity index (χ0v) is 12.3. The highest BCUT2D eigenvalue weighted by Gasteiger charge is 2.28. The first-order valence-corrected chi connectivity index (χ1v) is 7.32. The van der Waals surface area contributed by atoms with Gasteiger partial charge in [0.05, 0.1) is 5.92 Å². The van der Waals surface area contributed by atoms with Crippen molar-refractivity contribution in [3.8, 4) is 0 Å². The second-order valence-corrected chi connectivity index (χ2v) is 5.87. The number of carbonyl (C=O) groups excluding carboxylic acids is 1. The molecule has 0 aromatic heterocycles. The number of aliphatic hydroxyl groups is 1. The number of urea groups is 1. The summed E-state index contributed by atoms with van der Waals surface area (Å²) < 4.78 is 0. The zero-order valence-electron chi connectivity index (χ0n) is 12.3. The van der Waals surface area contributed by atoms with Gasteiger partial charge in [-0.3, -0.25) is 4.79 Å². The van der Waals surface area contributed by atoms with Crippen LogP contribution < -0.4 is 10.6 Å². The second-order valence-electron chi connectivity index (χ2n) is 5.87. The van der Waals surface area contributed by atoms with Crippen molar-refractivity contribution in [3.63, 3.8) is 0 Å². The third-order valence-corrected chi connectivity index (χ3v) is 4.27. The van der Waals surface area contributed by atoms with E-state index in [0.29, 0.717) is 32.1 Å². The van der Waals surface area contributed by atoms with Crippen molar-refractivity contribution in [3.05, 3.63) is 0 Å². The minimum absolute atomic E-state index is 0.0361. The lowest BCUT2D eigenvalue weighted by Crippen LogP contribution is -2.53. The van der Waals surface area contributed by atoms with Gasteiger partial charge in [0.15, 0.2) is 0 Å². The number of carbonyl (C=O) groups is 2. The zero-order chi connectivity index (χ0) is 15.2. The molecule has 0 saturated heterocycles. The average molecular weight is 286 g/mol. The Morgan fingerprint density at radius 3 is 2.30 bits per heavy atom. The van der Waals surface area contributed by atoms with Crippen molar-refractivity contribution >= 4 is 12.0 Å². The summed E-state index contributed by atoms with van der Waals surface area (Å²) in [6.07, 6.45) is 3.89. The highest BCUT2D eigenvalue weighted by molar-refractivity contribution is 5.75. The Kier molecular flexibility index (Phi) is 6.26. The molecule has 2 amide bonds. The van der Waals surface area contributed by atoms with Crippen LogP contribution in [-0.2, 0) is 4.79 Å². The van der Waals surface area contributed by atoms with E-state index in [0.717, 1.165) is 6.42 Å². The van der Waals surface area contributed by atoms with Crippen LogP contribution in [0.3, 0.4) is 0 Å². The highest BCUT2D eigenvalue weighted by Crippen LogP contribution is 2.24. The van der Waals surface area contributed by atoms with Gasteiger partial charge in [-0.25, -0.2) is 4.79 Å². The molecule has 1 fully saturated rings. The van der Waals surface area contributed by atoms with Crippen molar-refractivity contribution in [1.82, 2.24) is 10.6 Å². The lowest BCUT2D eigenvalue weighted by atomic mass is 9.86. The van der Waals surface area contributed by atoms with Gasteiger partial charge < -0.3 is 20.8 Å². The fourth-order valence-electron chi connectivity index (χ4n) is 2.55. The Morgan fingerprint density at radius 2 is 1.85 bits per heavy atom. The molecule has 20 heavy (non-hydrogen) atoms. The third kappa shape index (κ3) is 5.00. The molecule has 1 atom stereocenters. The molecule has 1 unspecified atom stereocenters. The van der Waals surface area contributed by atoms with Crippen LogP contribution in [0.15, 0.2) is 0 Å². The molecular formula is C14H26N2O4. The molecule has 6 nitrogen and oxygen atoms in total. The minimum atomic E-state index is -0.741. The molecular weight excluding hydrogens is 260 g/mol. The van der Waals surface area contributed by atoms with Crippen LogP contribution in [0.25, 0.3) is 0 Å². The van der Waals surface area contributed by atoms with Gasteiger partial charge in [-0.05, 0) is 45.4 Å². The summed E-state index contributed by atoms with van der Waals surface area (Å²) >= 11 is 0. The van der Waals surface area contributed by atoms with Gasteiger partial charge in [-0.2, -0.15) is 0 Å². The van der Waals surface area contributed by atoms with Gasteiger partial charge in [0.1, 0.15) is 0 Å². The Hall–Kier alpha value is -1.30. The monoisotopic (exact) mass is 286 g/mol. The molecule has 1 saturated carbocycles. The highest BCUT2D eigenvalue weighted by atomic mass is 16.4. The van der Waals surface area contributed by atoms with Crippen LogP contribution in [0.2, 0.25) is 0 Å². The summed E-state index contributed by atoms with van der Waals surface area (Å²) in [5.74, 6) is -1.01. The first-order chi connectivity index (χ1) is 9.40. The predicted molar refractivity (Wildman–Crippen MR) is 75.4 cm³/mol. The summed E-state index contributed by atoms with van der Waals surface area (Å²) in [5, 5.41) is 23.7. The molecule has 6 heteroatoms. The van der Waals surface area contributed by atoms with Crippen LogP contribution >= 0.6 is 0 Å². The number of carboxylic acid groups (broad SMARTS) is 1. The maximum Gasteiger partial charge on any atom is 0.315 e.